The molecule has 1 unspecified atom stereocenters. The maximum Gasteiger partial charge on any atom is 0.255 e. The highest BCUT2D eigenvalue weighted by Gasteiger charge is 2.29. The summed E-state index contributed by atoms with van der Waals surface area (Å²) in [4.78, 5) is 26.5. The lowest BCUT2D eigenvalue weighted by Crippen LogP contribution is -2.39. The maximum atomic E-state index is 12.7. The van der Waals surface area contributed by atoms with Gasteiger partial charge in [0, 0.05) is 17.8 Å². The zero-order valence-corrected chi connectivity index (χ0v) is 16.2. The van der Waals surface area contributed by atoms with Crippen LogP contribution >= 0.6 is 0 Å². The first-order chi connectivity index (χ1) is 13.6. The molecule has 1 aliphatic heterocycles. The molecule has 2 aromatic rings. The SMILES string of the molecule is CCCOc1cccc(C(=O)Nc2ccccc2CN2CCCC2C(N)=O)c1. The molecule has 3 N–H and O–H groups in total. The quantitative estimate of drug-likeness (QED) is 0.735. The van der Waals surface area contributed by atoms with Crippen molar-refractivity contribution < 1.29 is 14.3 Å². The van der Waals surface area contributed by atoms with Crippen LogP contribution in [-0.4, -0.2) is 35.9 Å². The van der Waals surface area contributed by atoms with Crippen molar-refractivity contribution in [1.82, 2.24) is 4.90 Å². The molecule has 0 radical (unpaired) electrons. The van der Waals surface area contributed by atoms with Gasteiger partial charge in [-0.05, 0) is 55.6 Å². The number of nitrogens with two attached hydrogens (primary N) is 1. The molecule has 1 aliphatic rings. The monoisotopic (exact) mass is 381 g/mol. The summed E-state index contributed by atoms with van der Waals surface area (Å²) < 4.78 is 5.61. The van der Waals surface area contributed by atoms with Crippen LogP contribution in [0.3, 0.4) is 0 Å². The van der Waals surface area contributed by atoms with Crippen LogP contribution in [0.15, 0.2) is 48.5 Å². The number of ether oxygens (including phenoxy) is 1. The lowest BCUT2D eigenvalue weighted by molar-refractivity contribution is -0.122. The van der Waals surface area contributed by atoms with Crippen LogP contribution in [-0.2, 0) is 11.3 Å². The van der Waals surface area contributed by atoms with E-state index >= 15 is 0 Å². The van der Waals surface area contributed by atoms with Gasteiger partial charge in [0.25, 0.3) is 5.91 Å². The molecular weight excluding hydrogens is 354 g/mol. The number of hydrogen-bond donors (Lipinski definition) is 2. The second kappa shape index (κ2) is 9.37. The number of likely N-dealkylation sites (tertiary alicyclic amines) is 1. The molecular formula is C22H27N3O3. The van der Waals surface area contributed by atoms with Gasteiger partial charge in [0.1, 0.15) is 5.75 Å². The Kier molecular flexibility index (Phi) is 6.66. The topological polar surface area (TPSA) is 84.7 Å². The zero-order chi connectivity index (χ0) is 19.9. The van der Waals surface area contributed by atoms with Crippen molar-refractivity contribution in [1.29, 1.82) is 0 Å². The van der Waals surface area contributed by atoms with Crippen LogP contribution in [0, 0.1) is 0 Å². The van der Waals surface area contributed by atoms with Gasteiger partial charge in [-0.1, -0.05) is 31.2 Å². The van der Waals surface area contributed by atoms with Gasteiger partial charge in [0.05, 0.1) is 12.6 Å². The Bertz CT molecular complexity index is 837. The van der Waals surface area contributed by atoms with E-state index in [9.17, 15) is 9.59 Å². The third kappa shape index (κ3) is 4.89. The number of carbonyl (C=O) groups excluding carboxylic acids is 2. The fourth-order valence-corrected chi connectivity index (χ4v) is 3.48. The summed E-state index contributed by atoms with van der Waals surface area (Å²) in [5.41, 5.74) is 7.76. The number of rotatable bonds is 8. The molecule has 1 fully saturated rings. The molecule has 1 saturated heterocycles. The molecule has 148 valence electrons. The lowest BCUT2D eigenvalue weighted by Gasteiger charge is -2.23. The van der Waals surface area contributed by atoms with E-state index in [4.69, 9.17) is 10.5 Å². The van der Waals surface area contributed by atoms with Gasteiger partial charge in [-0.2, -0.15) is 0 Å². The van der Waals surface area contributed by atoms with E-state index in [2.05, 4.69) is 10.2 Å². The second-order valence-corrected chi connectivity index (χ2v) is 7.02. The number of carbonyl (C=O) groups is 2. The Hall–Kier alpha value is -2.86. The van der Waals surface area contributed by atoms with Gasteiger partial charge in [-0.15, -0.1) is 0 Å². The van der Waals surface area contributed by atoms with Gasteiger partial charge in [0.15, 0.2) is 0 Å². The van der Waals surface area contributed by atoms with Crippen LogP contribution in [0.5, 0.6) is 5.75 Å². The summed E-state index contributed by atoms with van der Waals surface area (Å²) in [5.74, 6) is 0.203. The molecule has 28 heavy (non-hydrogen) atoms. The Balaban J connectivity index is 1.73. The number of hydrogen-bond acceptors (Lipinski definition) is 4. The predicted octanol–water partition coefficient (Wildman–Crippen LogP) is 3.18. The summed E-state index contributed by atoms with van der Waals surface area (Å²) in [7, 11) is 0. The Morgan fingerprint density at radius 3 is 2.82 bits per heavy atom. The van der Waals surface area contributed by atoms with Gasteiger partial charge in [-0.3, -0.25) is 14.5 Å². The molecule has 0 aromatic heterocycles. The van der Waals surface area contributed by atoms with Crippen LogP contribution < -0.4 is 15.8 Å². The minimum Gasteiger partial charge on any atom is -0.494 e. The lowest BCUT2D eigenvalue weighted by atomic mass is 10.1. The van der Waals surface area contributed by atoms with Crippen molar-refractivity contribution in [2.75, 3.05) is 18.5 Å². The number of amides is 2. The summed E-state index contributed by atoms with van der Waals surface area (Å²) >= 11 is 0. The van der Waals surface area contributed by atoms with Crippen molar-refractivity contribution in [3.8, 4) is 5.75 Å². The number of anilines is 1. The van der Waals surface area contributed by atoms with E-state index in [-0.39, 0.29) is 17.9 Å². The largest absolute Gasteiger partial charge is 0.494 e. The van der Waals surface area contributed by atoms with E-state index in [1.54, 1.807) is 12.1 Å². The fourth-order valence-electron chi connectivity index (χ4n) is 3.48. The van der Waals surface area contributed by atoms with Gasteiger partial charge < -0.3 is 15.8 Å². The maximum absolute atomic E-state index is 12.7. The van der Waals surface area contributed by atoms with Crippen LogP contribution in [0.1, 0.15) is 42.1 Å². The van der Waals surface area contributed by atoms with E-state index < -0.39 is 0 Å². The zero-order valence-electron chi connectivity index (χ0n) is 16.2. The van der Waals surface area contributed by atoms with Crippen LogP contribution in [0.4, 0.5) is 5.69 Å². The predicted molar refractivity (Wildman–Crippen MR) is 109 cm³/mol. The number of nitrogens with one attached hydrogen (secondary N) is 1. The molecule has 0 saturated carbocycles. The van der Waals surface area contributed by atoms with Crippen molar-refractivity contribution in [3.05, 3.63) is 59.7 Å². The average Bonchev–Trinajstić information content (AvgIpc) is 3.16. The summed E-state index contributed by atoms with van der Waals surface area (Å²) in [6.07, 6.45) is 2.65. The van der Waals surface area contributed by atoms with Gasteiger partial charge in [0.2, 0.25) is 5.91 Å². The first-order valence-electron chi connectivity index (χ1n) is 9.74. The molecule has 2 amide bonds. The van der Waals surface area contributed by atoms with Crippen molar-refractivity contribution >= 4 is 17.5 Å². The molecule has 1 heterocycles. The highest BCUT2D eigenvalue weighted by Crippen LogP contribution is 2.24. The second-order valence-electron chi connectivity index (χ2n) is 7.02. The molecule has 0 spiro atoms. The third-order valence-corrected chi connectivity index (χ3v) is 4.90. The number of benzene rings is 2. The average molecular weight is 381 g/mol. The molecule has 3 rings (SSSR count). The Labute approximate surface area is 165 Å². The van der Waals surface area contributed by atoms with E-state index in [0.717, 1.165) is 37.1 Å². The van der Waals surface area contributed by atoms with Crippen molar-refractivity contribution in [3.63, 3.8) is 0 Å². The first-order valence-corrected chi connectivity index (χ1v) is 9.74. The molecule has 1 atom stereocenters. The van der Waals surface area contributed by atoms with Crippen LogP contribution in [0.2, 0.25) is 0 Å². The molecule has 2 aromatic carbocycles. The van der Waals surface area contributed by atoms with E-state index in [1.165, 1.54) is 0 Å². The Morgan fingerprint density at radius 2 is 2.04 bits per heavy atom. The summed E-state index contributed by atoms with van der Waals surface area (Å²) in [6.45, 7) is 4.05. The minimum atomic E-state index is -0.289. The minimum absolute atomic E-state index is 0.192. The van der Waals surface area contributed by atoms with Crippen molar-refractivity contribution in [2.24, 2.45) is 5.73 Å². The highest BCUT2D eigenvalue weighted by atomic mass is 16.5. The Morgan fingerprint density at radius 1 is 1.21 bits per heavy atom. The summed E-state index contributed by atoms with van der Waals surface area (Å²) in [6, 6.07) is 14.6. The smallest absolute Gasteiger partial charge is 0.255 e. The first kappa shape index (κ1) is 19.9. The van der Waals surface area contributed by atoms with Crippen molar-refractivity contribution in [2.45, 2.75) is 38.8 Å². The normalized spacial score (nSPS) is 16.7. The number of primary amides is 1. The molecule has 0 bridgehead atoms. The fraction of sp³-hybridized carbons (Fsp3) is 0.364. The van der Waals surface area contributed by atoms with Gasteiger partial charge in [-0.25, -0.2) is 0 Å². The van der Waals surface area contributed by atoms with Gasteiger partial charge >= 0.3 is 0 Å². The molecule has 0 aliphatic carbocycles. The summed E-state index contributed by atoms with van der Waals surface area (Å²) in [5, 5.41) is 2.99. The standard InChI is InChI=1S/C22H27N3O3/c1-2-13-28-18-9-5-8-16(14-18)22(27)24-19-10-4-3-7-17(19)15-25-12-6-11-20(25)21(23)26/h3-5,7-10,14,20H,2,6,11-13,15H2,1H3,(H2,23,26)(H,24,27). The molecule has 6 heteroatoms. The van der Waals surface area contributed by atoms with Crippen LogP contribution in [0.25, 0.3) is 0 Å². The van der Waals surface area contributed by atoms with E-state index in [1.807, 2.05) is 43.3 Å². The third-order valence-electron chi connectivity index (χ3n) is 4.90. The number of para-hydroxylation sites is 1. The highest BCUT2D eigenvalue weighted by molar-refractivity contribution is 6.04. The molecule has 6 nitrogen and oxygen atoms in total. The number of nitrogens with zero attached hydrogens (tertiary/aromatic N) is 1. The van der Waals surface area contributed by atoms with E-state index in [0.29, 0.717) is 24.5 Å².